The summed E-state index contributed by atoms with van der Waals surface area (Å²) in [7, 11) is 0. The minimum atomic E-state index is -0.608. The zero-order valence-corrected chi connectivity index (χ0v) is 11.8. The van der Waals surface area contributed by atoms with Crippen molar-refractivity contribution in [3.8, 4) is 17.7 Å². The Bertz CT molecular complexity index is 976. The Balaban J connectivity index is 2.26. The molecule has 0 aliphatic carbocycles. The summed E-state index contributed by atoms with van der Waals surface area (Å²) in [6, 6.07) is 12.2. The highest BCUT2D eigenvalue weighted by Gasteiger charge is 2.14. The van der Waals surface area contributed by atoms with Crippen LogP contribution in [0.5, 0.6) is 11.6 Å². The van der Waals surface area contributed by atoms with Crippen molar-refractivity contribution in [1.29, 1.82) is 5.26 Å². The van der Waals surface area contributed by atoms with E-state index < -0.39 is 11.4 Å². The van der Waals surface area contributed by atoms with Gasteiger partial charge in [0.15, 0.2) is 0 Å². The maximum absolute atomic E-state index is 13.5. The highest BCUT2D eigenvalue weighted by atomic mass is 35.5. The molecule has 4 nitrogen and oxygen atoms in total. The molecule has 1 N–H and O–H groups in total. The Morgan fingerprint density at radius 3 is 2.68 bits per heavy atom. The van der Waals surface area contributed by atoms with Gasteiger partial charge in [-0.05, 0) is 30.3 Å². The lowest BCUT2D eigenvalue weighted by atomic mass is 10.1. The second kappa shape index (κ2) is 5.51. The Hall–Kier alpha value is -2.84. The Kier molecular flexibility index (Phi) is 3.53. The molecule has 0 atom stereocenters. The van der Waals surface area contributed by atoms with Gasteiger partial charge in [0.2, 0.25) is 5.88 Å². The first-order chi connectivity index (χ1) is 10.6. The molecule has 1 heterocycles. The molecule has 3 aromatic rings. The van der Waals surface area contributed by atoms with Crippen LogP contribution in [0.15, 0.2) is 47.3 Å². The normalized spacial score (nSPS) is 10.4. The predicted molar refractivity (Wildman–Crippen MR) is 80.8 cm³/mol. The van der Waals surface area contributed by atoms with Crippen LogP contribution in [0.4, 0.5) is 4.39 Å². The van der Waals surface area contributed by atoms with Gasteiger partial charge in [-0.15, -0.1) is 0 Å². The predicted octanol–water partition coefficient (Wildman–Crippen LogP) is 3.98. The van der Waals surface area contributed by atoms with Gasteiger partial charge >= 0.3 is 0 Å². The fourth-order valence-electron chi connectivity index (χ4n) is 2.11. The van der Waals surface area contributed by atoms with Crippen molar-refractivity contribution in [2.24, 2.45) is 0 Å². The molecule has 2 aromatic carbocycles. The molecule has 0 spiro atoms. The number of H-pyrrole nitrogens is 1. The Morgan fingerprint density at radius 1 is 1.18 bits per heavy atom. The topological polar surface area (TPSA) is 65.9 Å². The average Bonchev–Trinajstić information content (AvgIpc) is 2.50. The van der Waals surface area contributed by atoms with E-state index in [1.807, 2.05) is 6.07 Å². The maximum Gasteiger partial charge on any atom is 0.269 e. The molecular formula is C16H8ClFN2O2. The lowest BCUT2D eigenvalue weighted by Crippen LogP contribution is -2.12. The van der Waals surface area contributed by atoms with Gasteiger partial charge in [-0.25, -0.2) is 4.39 Å². The number of benzene rings is 2. The summed E-state index contributed by atoms with van der Waals surface area (Å²) >= 11 is 6.01. The van der Waals surface area contributed by atoms with E-state index in [2.05, 4.69) is 4.98 Å². The third-order valence-corrected chi connectivity index (χ3v) is 3.42. The molecule has 22 heavy (non-hydrogen) atoms. The van der Waals surface area contributed by atoms with E-state index >= 15 is 0 Å². The van der Waals surface area contributed by atoms with Crippen LogP contribution in [0, 0.1) is 17.1 Å². The van der Waals surface area contributed by atoms with E-state index in [1.165, 1.54) is 18.2 Å². The van der Waals surface area contributed by atoms with Crippen LogP contribution >= 0.6 is 11.6 Å². The van der Waals surface area contributed by atoms with Gasteiger partial charge < -0.3 is 4.74 Å². The molecule has 3 rings (SSSR count). The van der Waals surface area contributed by atoms with Crippen LogP contribution < -0.4 is 10.3 Å². The summed E-state index contributed by atoms with van der Waals surface area (Å²) in [5.74, 6) is -0.158. The second-order valence-corrected chi connectivity index (χ2v) is 4.90. The van der Waals surface area contributed by atoms with Gasteiger partial charge in [0.1, 0.15) is 23.2 Å². The molecule has 0 amide bonds. The number of rotatable bonds is 2. The number of nitriles is 1. The number of para-hydroxylation sites is 1. The summed E-state index contributed by atoms with van der Waals surface area (Å²) in [4.78, 5) is 14.4. The Morgan fingerprint density at radius 2 is 1.95 bits per heavy atom. The largest absolute Gasteiger partial charge is 0.439 e. The summed E-state index contributed by atoms with van der Waals surface area (Å²) < 4.78 is 19.1. The lowest BCUT2D eigenvalue weighted by Gasteiger charge is -2.10. The number of nitrogens with one attached hydrogen (secondary N) is 1. The fourth-order valence-corrected chi connectivity index (χ4v) is 2.28. The number of halogens is 2. The standard InChI is InChI=1S/C16H8ClFN2O2/c17-13-3-1-2-4-14(13)22-16-11-7-9(18)5-6-10(11)12(8-19)15(21)20-16/h1-7H,(H,20,21). The molecule has 108 valence electrons. The summed E-state index contributed by atoms with van der Waals surface area (Å²) in [6.07, 6.45) is 0. The zero-order chi connectivity index (χ0) is 15.7. The van der Waals surface area contributed by atoms with Crippen molar-refractivity contribution in [2.45, 2.75) is 0 Å². The van der Waals surface area contributed by atoms with Crippen LogP contribution in [0.25, 0.3) is 10.8 Å². The van der Waals surface area contributed by atoms with Crippen LogP contribution in [-0.4, -0.2) is 4.98 Å². The number of aromatic amines is 1. The first-order valence-electron chi connectivity index (χ1n) is 6.28. The van der Waals surface area contributed by atoms with Crippen LogP contribution in [0.2, 0.25) is 5.02 Å². The third-order valence-electron chi connectivity index (χ3n) is 3.11. The minimum absolute atomic E-state index is 0.0339. The molecular weight excluding hydrogens is 307 g/mol. The molecule has 0 radical (unpaired) electrons. The van der Waals surface area contributed by atoms with Crippen LogP contribution in [-0.2, 0) is 0 Å². The molecule has 0 aliphatic heterocycles. The van der Waals surface area contributed by atoms with E-state index in [4.69, 9.17) is 21.6 Å². The van der Waals surface area contributed by atoms with Gasteiger partial charge in [0.25, 0.3) is 5.56 Å². The van der Waals surface area contributed by atoms with E-state index in [1.54, 1.807) is 24.3 Å². The van der Waals surface area contributed by atoms with Gasteiger partial charge in [-0.2, -0.15) is 5.26 Å². The number of fused-ring (bicyclic) bond motifs is 1. The van der Waals surface area contributed by atoms with Crippen molar-refractivity contribution in [3.63, 3.8) is 0 Å². The summed E-state index contributed by atoms with van der Waals surface area (Å²) in [5, 5.41) is 10.0. The van der Waals surface area contributed by atoms with Crippen molar-refractivity contribution >= 4 is 22.4 Å². The maximum atomic E-state index is 13.5. The van der Waals surface area contributed by atoms with Crippen molar-refractivity contribution < 1.29 is 9.13 Å². The molecule has 0 saturated carbocycles. The minimum Gasteiger partial charge on any atom is -0.439 e. The summed E-state index contributed by atoms with van der Waals surface area (Å²) in [5.41, 5.74) is -0.704. The molecule has 0 bridgehead atoms. The molecule has 0 aliphatic rings. The van der Waals surface area contributed by atoms with Crippen molar-refractivity contribution in [3.05, 3.63) is 69.2 Å². The van der Waals surface area contributed by atoms with E-state index in [0.717, 1.165) is 0 Å². The lowest BCUT2D eigenvalue weighted by molar-refractivity contribution is 0.467. The SMILES string of the molecule is N#Cc1c(=O)[nH]c(Oc2ccccc2Cl)c2cc(F)ccc12. The van der Waals surface area contributed by atoms with E-state index in [0.29, 0.717) is 16.2 Å². The molecule has 6 heteroatoms. The number of hydrogen-bond acceptors (Lipinski definition) is 3. The zero-order valence-electron chi connectivity index (χ0n) is 11.1. The van der Waals surface area contributed by atoms with Gasteiger partial charge in [0, 0.05) is 10.8 Å². The van der Waals surface area contributed by atoms with Gasteiger partial charge in [-0.3, -0.25) is 9.78 Å². The molecule has 0 fully saturated rings. The Labute approximate surface area is 129 Å². The average molecular weight is 315 g/mol. The summed E-state index contributed by atoms with van der Waals surface area (Å²) in [6.45, 7) is 0. The second-order valence-electron chi connectivity index (χ2n) is 4.49. The van der Waals surface area contributed by atoms with Crippen LogP contribution in [0.1, 0.15) is 5.56 Å². The quantitative estimate of drug-likeness (QED) is 0.778. The van der Waals surface area contributed by atoms with Crippen molar-refractivity contribution in [1.82, 2.24) is 4.98 Å². The molecule has 1 aromatic heterocycles. The number of ether oxygens (including phenoxy) is 1. The van der Waals surface area contributed by atoms with Gasteiger partial charge in [-0.1, -0.05) is 23.7 Å². The first kappa shape index (κ1) is 14.1. The van der Waals surface area contributed by atoms with Crippen LogP contribution in [0.3, 0.4) is 0 Å². The van der Waals surface area contributed by atoms with Gasteiger partial charge in [0.05, 0.1) is 5.02 Å². The van der Waals surface area contributed by atoms with E-state index in [9.17, 15) is 9.18 Å². The number of nitrogens with zero attached hydrogens (tertiary/aromatic N) is 1. The third kappa shape index (κ3) is 2.41. The molecule has 0 saturated heterocycles. The first-order valence-corrected chi connectivity index (χ1v) is 6.66. The number of pyridine rings is 1. The molecule has 0 unspecified atom stereocenters. The number of aromatic nitrogens is 1. The highest BCUT2D eigenvalue weighted by Crippen LogP contribution is 2.32. The smallest absolute Gasteiger partial charge is 0.269 e. The highest BCUT2D eigenvalue weighted by molar-refractivity contribution is 6.32. The number of hydrogen-bond donors (Lipinski definition) is 1. The van der Waals surface area contributed by atoms with Crippen molar-refractivity contribution in [2.75, 3.05) is 0 Å². The van der Waals surface area contributed by atoms with E-state index in [-0.39, 0.29) is 16.8 Å². The monoisotopic (exact) mass is 314 g/mol. The fraction of sp³-hybridized carbons (Fsp3) is 0.